The third-order valence-corrected chi connectivity index (χ3v) is 5.06. The third kappa shape index (κ3) is 4.87. The lowest BCUT2D eigenvalue weighted by Gasteiger charge is -2.13. The van der Waals surface area contributed by atoms with E-state index in [2.05, 4.69) is 33.8 Å². The Morgan fingerprint density at radius 3 is 2.58 bits per heavy atom. The number of carbonyl (C=O) groups excluding carboxylic acids is 1. The summed E-state index contributed by atoms with van der Waals surface area (Å²) in [7, 11) is 0. The number of carbonyl (C=O) groups is 1. The summed E-state index contributed by atoms with van der Waals surface area (Å²) in [6.07, 6.45) is 3.59. The van der Waals surface area contributed by atoms with E-state index in [1.807, 2.05) is 61.7 Å². The number of pyridine rings is 2. The molecule has 2 heterocycles. The van der Waals surface area contributed by atoms with Crippen molar-refractivity contribution in [2.75, 3.05) is 11.9 Å². The highest BCUT2D eigenvalue weighted by atomic mass is 16.3. The van der Waals surface area contributed by atoms with Crippen molar-refractivity contribution in [2.45, 2.75) is 19.4 Å². The van der Waals surface area contributed by atoms with E-state index in [9.17, 15) is 9.90 Å². The van der Waals surface area contributed by atoms with E-state index in [0.29, 0.717) is 12.1 Å². The van der Waals surface area contributed by atoms with Crippen LogP contribution in [-0.4, -0.2) is 33.8 Å². The van der Waals surface area contributed by atoms with E-state index in [1.165, 1.54) is 0 Å². The molecule has 6 nitrogen and oxygen atoms in total. The van der Waals surface area contributed by atoms with Gasteiger partial charge in [0.25, 0.3) is 0 Å². The maximum Gasteiger partial charge on any atom is 0.319 e. The zero-order chi connectivity index (χ0) is 21.6. The molecule has 0 aliphatic carbocycles. The Morgan fingerprint density at radius 1 is 1.03 bits per heavy atom. The minimum atomic E-state index is -0.550. The summed E-state index contributed by atoms with van der Waals surface area (Å²) in [6, 6.07) is 21.3. The van der Waals surface area contributed by atoms with Crippen LogP contribution in [0.5, 0.6) is 0 Å². The highest BCUT2D eigenvalue weighted by molar-refractivity contribution is 5.96. The van der Waals surface area contributed by atoms with Crippen LogP contribution in [-0.2, 0) is 0 Å². The summed E-state index contributed by atoms with van der Waals surface area (Å²) in [6.45, 7) is 2.08. The highest BCUT2D eigenvalue weighted by Gasteiger charge is 2.12. The van der Waals surface area contributed by atoms with Crippen molar-refractivity contribution >= 4 is 22.6 Å². The summed E-state index contributed by atoms with van der Waals surface area (Å²) in [5.41, 5.74) is 5.34. The van der Waals surface area contributed by atoms with Crippen LogP contribution in [0.1, 0.15) is 13.3 Å². The number of rotatable bonds is 6. The Kier molecular flexibility index (Phi) is 6.19. The smallest absolute Gasteiger partial charge is 0.319 e. The fourth-order valence-corrected chi connectivity index (χ4v) is 3.35. The van der Waals surface area contributed by atoms with E-state index >= 15 is 0 Å². The Morgan fingerprint density at radius 2 is 1.84 bits per heavy atom. The van der Waals surface area contributed by atoms with Gasteiger partial charge in [-0.3, -0.25) is 4.98 Å². The standard InChI is InChI=1S/C25H24N4O2/c1-2-21(30)16-27-25(31)28-20-10-11-23-19(13-20)14-22(17-7-4-3-5-8-17)24(29-23)18-9-6-12-26-15-18/h3-15,21,30H,2,16H2,1H3,(H2,27,28,31). The van der Waals surface area contributed by atoms with Crippen molar-refractivity contribution in [3.63, 3.8) is 0 Å². The molecule has 0 fully saturated rings. The summed E-state index contributed by atoms with van der Waals surface area (Å²) < 4.78 is 0. The molecule has 4 aromatic rings. The number of nitrogens with one attached hydrogen (secondary N) is 2. The predicted molar refractivity (Wildman–Crippen MR) is 124 cm³/mol. The van der Waals surface area contributed by atoms with E-state index in [4.69, 9.17) is 4.98 Å². The van der Waals surface area contributed by atoms with Crippen molar-refractivity contribution in [3.8, 4) is 22.4 Å². The second-order valence-electron chi connectivity index (χ2n) is 7.30. The van der Waals surface area contributed by atoms with Gasteiger partial charge in [-0.2, -0.15) is 0 Å². The molecule has 0 aliphatic heterocycles. The fraction of sp³-hybridized carbons (Fsp3) is 0.160. The van der Waals surface area contributed by atoms with Crippen LogP contribution in [0.2, 0.25) is 0 Å². The first-order chi connectivity index (χ1) is 15.1. The average molecular weight is 412 g/mol. The summed E-state index contributed by atoms with van der Waals surface area (Å²) in [5.74, 6) is 0. The van der Waals surface area contributed by atoms with E-state index < -0.39 is 6.10 Å². The van der Waals surface area contributed by atoms with Gasteiger partial charge in [0.15, 0.2) is 0 Å². The molecule has 0 saturated heterocycles. The van der Waals surface area contributed by atoms with Crippen LogP contribution in [0.15, 0.2) is 79.1 Å². The molecule has 1 atom stereocenters. The monoisotopic (exact) mass is 412 g/mol. The number of anilines is 1. The first-order valence-electron chi connectivity index (χ1n) is 10.3. The lowest BCUT2D eigenvalue weighted by Crippen LogP contribution is -2.34. The van der Waals surface area contributed by atoms with Gasteiger partial charge in [-0.05, 0) is 48.4 Å². The van der Waals surface area contributed by atoms with Gasteiger partial charge in [0, 0.05) is 41.1 Å². The summed E-state index contributed by atoms with van der Waals surface area (Å²) in [5, 5.41) is 16.0. The van der Waals surface area contributed by atoms with Gasteiger partial charge in [-0.15, -0.1) is 0 Å². The SMILES string of the molecule is CCC(O)CNC(=O)Nc1ccc2nc(-c3cccnc3)c(-c3ccccc3)cc2c1. The van der Waals surface area contributed by atoms with Gasteiger partial charge in [0.1, 0.15) is 0 Å². The van der Waals surface area contributed by atoms with Crippen molar-refractivity contribution < 1.29 is 9.90 Å². The molecular weight excluding hydrogens is 388 g/mol. The Balaban J connectivity index is 1.70. The average Bonchev–Trinajstić information content (AvgIpc) is 2.82. The maximum atomic E-state index is 12.1. The lowest BCUT2D eigenvalue weighted by molar-refractivity contribution is 0.168. The van der Waals surface area contributed by atoms with E-state index in [-0.39, 0.29) is 12.6 Å². The van der Waals surface area contributed by atoms with Crippen molar-refractivity contribution in [1.82, 2.24) is 15.3 Å². The van der Waals surface area contributed by atoms with Crippen LogP contribution in [0.4, 0.5) is 10.5 Å². The van der Waals surface area contributed by atoms with Crippen molar-refractivity contribution in [1.29, 1.82) is 0 Å². The second kappa shape index (κ2) is 9.36. The number of urea groups is 1. The number of hydrogen-bond donors (Lipinski definition) is 3. The molecule has 1 unspecified atom stereocenters. The molecule has 3 N–H and O–H groups in total. The van der Waals surface area contributed by atoms with Gasteiger partial charge in [-0.25, -0.2) is 9.78 Å². The normalized spacial score (nSPS) is 11.8. The second-order valence-corrected chi connectivity index (χ2v) is 7.30. The maximum absolute atomic E-state index is 12.1. The molecule has 2 aromatic carbocycles. The number of aliphatic hydroxyl groups is 1. The summed E-state index contributed by atoms with van der Waals surface area (Å²) >= 11 is 0. The molecule has 0 radical (unpaired) electrons. The number of fused-ring (bicyclic) bond motifs is 1. The van der Waals surface area contributed by atoms with Crippen LogP contribution < -0.4 is 10.6 Å². The molecule has 4 rings (SSSR count). The van der Waals surface area contributed by atoms with E-state index in [0.717, 1.165) is 33.3 Å². The molecule has 0 saturated carbocycles. The number of amides is 2. The van der Waals surface area contributed by atoms with Crippen LogP contribution in [0.25, 0.3) is 33.3 Å². The minimum Gasteiger partial charge on any atom is -0.391 e. The highest BCUT2D eigenvalue weighted by Crippen LogP contribution is 2.33. The van der Waals surface area contributed by atoms with Crippen molar-refractivity contribution in [2.24, 2.45) is 0 Å². The topological polar surface area (TPSA) is 87.1 Å². The lowest BCUT2D eigenvalue weighted by atomic mass is 9.98. The zero-order valence-electron chi connectivity index (χ0n) is 17.2. The molecule has 156 valence electrons. The number of aromatic nitrogens is 2. The predicted octanol–water partition coefficient (Wildman–Crippen LogP) is 4.86. The van der Waals surface area contributed by atoms with Gasteiger partial charge in [0.2, 0.25) is 0 Å². The number of nitrogens with zero attached hydrogens (tertiary/aromatic N) is 2. The number of aliphatic hydroxyl groups excluding tert-OH is 1. The minimum absolute atomic E-state index is 0.212. The zero-order valence-corrected chi connectivity index (χ0v) is 17.2. The Hall–Kier alpha value is -3.77. The van der Waals surface area contributed by atoms with Crippen molar-refractivity contribution in [3.05, 3.63) is 79.1 Å². The first-order valence-corrected chi connectivity index (χ1v) is 10.3. The van der Waals surface area contributed by atoms with E-state index in [1.54, 1.807) is 6.20 Å². The first kappa shape index (κ1) is 20.5. The van der Waals surface area contributed by atoms with Gasteiger partial charge in [-0.1, -0.05) is 37.3 Å². The number of hydrogen-bond acceptors (Lipinski definition) is 4. The van der Waals surface area contributed by atoms with Crippen LogP contribution in [0.3, 0.4) is 0 Å². The van der Waals surface area contributed by atoms with Gasteiger partial charge < -0.3 is 15.7 Å². The van der Waals surface area contributed by atoms with Gasteiger partial charge in [0.05, 0.1) is 17.3 Å². The molecule has 31 heavy (non-hydrogen) atoms. The largest absolute Gasteiger partial charge is 0.391 e. The van der Waals surface area contributed by atoms with Crippen LogP contribution >= 0.6 is 0 Å². The Labute approximate surface area is 181 Å². The fourth-order valence-electron chi connectivity index (χ4n) is 3.35. The molecular formula is C25H24N4O2. The molecule has 2 amide bonds. The quantitative estimate of drug-likeness (QED) is 0.422. The summed E-state index contributed by atoms with van der Waals surface area (Å²) in [4.78, 5) is 21.3. The molecule has 6 heteroatoms. The Bertz CT molecular complexity index is 1180. The third-order valence-electron chi connectivity index (χ3n) is 5.06. The number of benzene rings is 2. The molecule has 0 spiro atoms. The molecule has 2 aromatic heterocycles. The van der Waals surface area contributed by atoms with Crippen LogP contribution in [0, 0.1) is 0 Å². The molecule has 0 bridgehead atoms. The molecule has 0 aliphatic rings. The van der Waals surface area contributed by atoms with Gasteiger partial charge >= 0.3 is 6.03 Å².